The number of carbonyl (C=O) groups excluding carboxylic acids is 1. The molecule has 1 rings (SSSR count). The normalized spacial score (nSPS) is 9.24. The molecule has 2 N–H and O–H groups in total. The van der Waals surface area contributed by atoms with Gasteiger partial charge in [0.1, 0.15) is 0 Å². The molecule has 0 bridgehead atoms. The van der Waals surface area contributed by atoms with Gasteiger partial charge in [-0.25, -0.2) is 4.79 Å². The van der Waals surface area contributed by atoms with Crippen LogP contribution in [0.25, 0.3) is 0 Å². The summed E-state index contributed by atoms with van der Waals surface area (Å²) in [6.07, 6.45) is 3.15. The lowest BCUT2D eigenvalue weighted by Gasteiger charge is -2.06. The van der Waals surface area contributed by atoms with Crippen LogP contribution in [0.15, 0.2) is 24.5 Å². The average Bonchev–Trinajstić information content (AvgIpc) is 2.30. The number of rotatable bonds is 6. The van der Waals surface area contributed by atoms with Crippen LogP contribution >= 0.6 is 12.4 Å². The lowest BCUT2D eigenvalue weighted by Crippen LogP contribution is -2.32. The molecule has 0 fully saturated rings. The lowest BCUT2D eigenvalue weighted by atomic mass is 10.3. The number of carbonyl (C=O) groups is 1. The molecule has 1 aromatic rings. The smallest absolute Gasteiger partial charge is 0.407 e. The van der Waals surface area contributed by atoms with Gasteiger partial charge in [0, 0.05) is 32.0 Å². The van der Waals surface area contributed by atoms with E-state index in [0.29, 0.717) is 19.7 Å². The van der Waals surface area contributed by atoms with Crippen molar-refractivity contribution in [2.75, 3.05) is 19.7 Å². The van der Waals surface area contributed by atoms with Crippen molar-refractivity contribution in [3.05, 3.63) is 30.1 Å². The molecule has 0 atom stereocenters. The Morgan fingerprint density at radius 3 is 2.71 bits per heavy atom. The first kappa shape index (κ1) is 15.7. The minimum Gasteiger partial charge on any atom is -0.450 e. The van der Waals surface area contributed by atoms with Crippen molar-refractivity contribution in [1.29, 1.82) is 0 Å². The molecule has 0 aromatic carbocycles. The van der Waals surface area contributed by atoms with E-state index in [1.165, 1.54) is 5.56 Å². The van der Waals surface area contributed by atoms with Gasteiger partial charge >= 0.3 is 6.09 Å². The Labute approximate surface area is 107 Å². The molecule has 0 aliphatic carbocycles. The van der Waals surface area contributed by atoms with E-state index in [0.717, 1.165) is 6.54 Å². The summed E-state index contributed by atoms with van der Waals surface area (Å²) >= 11 is 0. The fourth-order valence-corrected chi connectivity index (χ4v) is 1.17. The summed E-state index contributed by atoms with van der Waals surface area (Å²) in [5, 5.41) is 5.83. The van der Waals surface area contributed by atoms with Crippen LogP contribution in [0, 0.1) is 0 Å². The third-order valence-electron chi connectivity index (χ3n) is 1.93. The van der Waals surface area contributed by atoms with E-state index >= 15 is 0 Å². The molecule has 0 aliphatic heterocycles. The predicted molar refractivity (Wildman–Crippen MR) is 68.2 cm³/mol. The van der Waals surface area contributed by atoms with Gasteiger partial charge in [-0.2, -0.15) is 0 Å². The second-order valence-electron chi connectivity index (χ2n) is 3.18. The van der Waals surface area contributed by atoms with E-state index < -0.39 is 0 Å². The highest BCUT2D eigenvalue weighted by molar-refractivity contribution is 5.85. The molecule has 0 saturated heterocycles. The summed E-state index contributed by atoms with van der Waals surface area (Å²) < 4.78 is 4.72. The van der Waals surface area contributed by atoms with Gasteiger partial charge in [0.05, 0.1) is 6.61 Å². The SMILES string of the molecule is CCOC(=O)NCCNCc1ccncc1.Cl. The molecule has 17 heavy (non-hydrogen) atoms. The van der Waals surface area contributed by atoms with Gasteiger partial charge in [0.15, 0.2) is 0 Å². The maximum absolute atomic E-state index is 10.9. The van der Waals surface area contributed by atoms with Crippen molar-refractivity contribution in [1.82, 2.24) is 15.6 Å². The summed E-state index contributed by atoms with van der Waals surface area (Å²) in [6, 6.07) is 3.90. The highest BCUT2D eigenvalue weighted by atomic mass is 35.5. The molecule has 0 unspecified atom stereocenters. The van der Waals surface area contributed by atoms with Crippen LogP contribution in [0.4, 0.5) is 4.79 Å². The van der Waals surface area contributed by atoms with E-state index in [1.54, 1.807) is 19.3 Å². The van der Waals surface area contributed by atoms with Gasteiger partial charge in [0.2, 0.25) is 0 Å². The lowest BCUT2D eigenvalue weighted by molar-refractivity contribution is 0.152. The Bertz CT molecular complexity index is 309. The van der Waals surface area contributed by atoms with Gasteiger partial charge < -0.3 is 15.4 Å². The first-order valence-electron chi connectivity index (χ1n) is 5.33. The molecule has 1 heterocycles. The zero-order chi connectivity index (χ0) is 11.6. The number of ether oxygens (including phenoxy) is 1. The Balaban J connectivity index is 0.00000256. The van der Waals surface area contributed by atoms with Crippen molar-refractivity contribution in [3.8, 4) is 0 Å². The van der Waals surface area contributed by atoms with Crippen molar-refractivity contribution in [2.24, 2.45) is 0 Å². The Morgan fingerprint density at radius 2 is 2.06 bits per heavy atom. The number of nitrogens with one attached hydrogen (secondary N) is 2. The van der Waals surface area contributed by atoms with Gasteiger partial charge in [-0.1, -0.05) is 0 Å². The Kier molecular flexibility index (Phi) is 9.09. The minimum absolute atomic E-state index is 0. The second kappa shape index (κ2) is 9.86. The van der Waals surface area contributed by atoms with Crippen LogP contribution in [0.2, 0.25) is 0 Å². The van der Waals surface area contributed by atoms with E-state index in [-0.39, 0.29) is 18.5 Å². The van der Waals surface area contributed by atoms with Crippen LogP contribution in [-0.2, 0) is 11.3 Å². The fourth-order valence-electron chi connectivity index (χ4n) is 1.17. The predicted octanol–water partition coefficient (Wildman–Crippen LogP) is 1.34. The Hall–Kier alpha value is -1.33. The topological polar surface area (TPSA) is 63.2 Å². The first-order valence-corrected chi connectivity index (χ1v) is 5.33. The van der Waals surface area contributed by atoms with Gasteiger partial charge in [-0.3, -0.25) is 4.98 Å². The number of hydrogen-bond acceptors (Lipinski definition) is 4. The van der Waals surface area contributed by atoms with Crippen LogP contribution in [0.5, 0.6) is 0 Å². The summed E-state index contributed by atoms with van der Waals surface area (Å²) in [7, 11) is 0. The molecular weight excluding hydrogens is 242 g/mol. The second-order valence-corrected chi connectivity index (χ2v) is 3.18. The van der Waals surface area contributed by atoms with Gasteiger partial charge in [-0.05, 0) is 24.6 Å². The van der Waals surface area contributed by atoms with E-state index in [4.69, 9.17) is 4.74 Å². The summed E-state index contributed by atoms with van der Waals surface area (Å²) in [4.78, 5) is 14.8. The molecule has 5 nitrogen and oxygen atoms in total. The maximum atomic E-state index is 10.9. The van der Waals surface area contributed by atoms with Crippen molar-refractivity contribution >= 4 is 18.5 Å². The molecular formula is C11H18ClN3O2. The molecule has 6 heteroatoms. The molecule has 0 spiro atoms. The van der Waals surface area contributed by atoms with E-state index in [1.807, 2.05) is 12.1 Å². The molecule has 0 aliphatic rings. The number of amides is 1. The zero-order valence-corrected chi connectivity index (χ0v) is 10.6. The average molecular weight is 260 g/mol. The number of hydrogen-bond donors (Lipinski definition) is 2. The van der Waals surface area contributed by atoms with Crippen LogP contribution in [0.1, 0.15) is 12.5 Å². The number of halogens is 1. The highest BCUT2D eigenvalue weighted by Gasteiger charge is 1.97. The molecule has 0 radical (unpaired) electrons. The van der Waals surface area contributed by atoms with Crippen LogP contribution in [-0.4, -0.2) is 30.8 Å². The number of nitrogens with zero attached hydrogens (tertiary/aromatic N) is 1. The summed E-state index contributed by atoms with van der Waals surface area (Å²) in [5.74, 6) is 0. The zero-order valence-electron chi connectivity index (χ0n) is 9.81. The first-order chi connectivity index (χ1) is 7.83. The number of alkyl carbamates (subject to hydrolysis) is 1. The summed E-state index contributed by atoms with van der Waals surface area (Å²) in [5.41, 5.74) is 1.17. The quantitative estimate of drug-likeness (QED) is 0.757. The van der Waals surface area contributed by atoms with Crippen molar-refractivity contribution in [3.63, 3.8) is 0 Å². The molecule has 1 amide bonds. The fraction of sp³-hybridized carbons (Fsp3) is 0.455. The monoisotopic (exact) mass is 259 g/mol. The minimum atomic E-state index is -0.367. The Morgan fingerprint density at radius 1 is 1.35 bits per heavy atom. The maximum Gasteiger partial charge on any atom is 0.407 e. The third kappa shape index (κ3) is 7.54. The van der Waals surface area contributed by atoms with Crippen molar-refractivity contribution in [2.45, 2.75) is 13.5 Å². The number of aromatic nitrogens is 1. The highest BCUT2D eigenvalue weighted by Crippen LogP contribution is 1.93. The van der Waals surface area contributed by atoms with Gasteiger partial charge in [-0.15, -0.1) is 12.4 Å². The van der Waals surface area contributed by atoms with Gasteiger partial charge in [0.25, 0.3) is 0 Å². The van der Waals surface area contributed by atoms with Crippen molar-refractivity contribution < 1.29 is 9.53 Å². The van der Waals surface area contributed by atoms with E-state index in [2.05, 4.69) is 15.6 Å². The largest absolute Gasteiger partial charge is 0.450 e. The van der Waals surface area contributed by atoms with E-state index in [9.17, 15) is 4.79 Å². The molecule has 0 saturated carbocycles. The standard InChI is InChI=1S/C11H17N3O2.ClH/c1-2-16-11(15)14-8-7-13-9-10-3-5-12-6-4-10;/h3-6,13H,2,7-9H2,1H3,(H,14,15);1H. The van der Waals surface area contributed by atoms with Crippen LogP contribution < -0.4 is 10.6 Å². The summed E-state index contributed by atoms with van der Waals surface area (Å²) in [6.45, 7) is 4.22. The molecule has 1 aromatic heterocycles. The third-order valence-corrected chi connectivity index (χ3v) is 1.93. The molecule has 96 valence electrons. The van der Waals surface area contributed by atoms with Crippen LogP contribution in [0.3, 0.4) is 0 Å². The number of pyridine rings is 1.